The highest BCUT2D eigenvalue weighted by atomic mass is 19.4. The van der Waals surface area contributed by atoms with Crippen LogP contribution in [0.2, 0.25) is 0 Å². The van der Waals surface area contributed by atoms with Crippen LogP contribution >= 0.6 is 0 Å². The molecule has 1 atom stereocenters. The van der Waals surface area contributed by atoms with E-state index in [1.165, 1.54) is 0 Å². The van der Waals surface area contributed by atoms with Crippen molar-refractivity contribution >= 4 is 5.69 Å². The first kappa shape index (κ1) is 13.1. The number of hydrogen-bond donors (Lipinski definition) is 1. The topological polar surface area (TPSA) is 21.3 Å². The van der Waals surface area contributed by atoms with Gasteiger partial charge < -0.3 is 10.1 Å². The number of benzene rings is 1. The van der Waals surface area contributed by atoms with Crippen molar-refractivity contribution in [1.82, 2.24) is 0 Å². The number of ether oxygens (including phenoxy) is 1. The minimum atomic E-state index is -4.46. The van der Waals surface area contributed by atoms with Crippen LogP contribution in [0.25, 0.3) is 0 Å². The molecule has 100 valence electrons. The second-order valence-electron chi connectivity index (χ2n) is 4.21. The summed E-state index contributed by atoms with van der Waals surface area (Å²) in [6, 6.07) is 2.33. The molecule has 2 nitrogen and oxygen atoms in total. The highest BCUT2D eigenvalue weighted by Crippen LogP contribution is 2.31. The van der Waals surface area contributed by atoms with Gasteiger partial charge in [-0.05, 0) is 31.0 Å². The Balaban J connectivity index is 2.06. The van der Waals surface area contributed by atoms with Crippen molar-refractivity contribution in [2.24, 2.45) is 0 Å². The highest BCUT2D eigenvalue weighted by molar-refractivity contribution is 5.48. The zero-order chi connectivity index (χ0) is 13.2. The molecule has 1 fully saturated rings. The van der Waals surface area contributed by atoms with Crippen molar-refractivity contribution in [1.29, 1.82) is 0 Å². The average molecular weight is 263 g/mol. The van der Waals surface area contributed by atoms with Crippen LogP contribution in [0.15, 0.2) is 18.2 Å². The summed E-state index contributed by atoms with van der Waals surface area (Å²) in [5.41, 5.74) is -1.00. The quantitative estimate of drug-likeness (QED) is 0.843. The van der Waals surface area contributed by atoms with Gasteiger partial charge in [-0.25, -0.2) is 4.39 Å². The van der Waals surface area contributed by atoms with Crippen LogP contribution in [-0.4, -0.2) is 19.3 Å². The Morgan fingerprint density at radius 1 is 1.33 bits per heavy atom. The predicted molar refractivity (Wildman–Crippen MR) is 58.9 cm³/mol. The molecule has 0 radical (unpaired) electrons. The third-order valence-electron chi connectivity index (χ3n) is 2.84. The maximum Gasteiger partial charge on any atom is 0.416 e. The molecule has 0 amide bonds. The summed E-state index contributed by atoms with van der Waals surface area (Å²) in [6.45, 7) is 0.968. The van der Waals surface area contributed by atoms with E-state index in [4.69, 9.17) is 4.74 Å². The van der Waals surface area contributed by atoms with E-state index in [0.29, 0.717) is 13.2 Å². The number of nitrogens with one attached hydrogen (secondary N) is 1. The van der Waals surface area contributed by atoms with Gasteiger partial charge in [-0.2, -0.15) is 13.2 Å². The molecule has 0 aromatic heterocycles. The van der Waals surface area contributed by atoms with Gasteiger partial charge in [0.05, 0.1) is 17.4 Å². The van der Waals surface area contributed by atoms with Gasteiger partial charge in [0.1, 0.15) is 5.82 Å². The van der Waals surface area contributed by atoms with E-state index in [-0.39, 0.29) is 11.8 Å². The molecule has 2 rings (SSSR count). The summed E-state index contributed by atoms with van der Waals surface area (Å²) in [5.74, 6) is -0.694. The monoisotopic (exact) mass is 263 g/mol. The van der Waals surface area contributed by atoms with Gasteiger partial charge in [-0.15, -0.1) is 0 Å². The molecular weight excluding hydrogens is 250 g/mol. The summed E-state index contributed by atoms with van der Waals surface area (Å²) < 4.78 is 56.1. The third-order valence-corrected chi connectivity index (χ3v) is 2.84. The molecule has 0 spiro atoms. The molecule has 18 heavy (non-hydrogen) atoms. The molecule has 1 aromatic rings. The summed E-state index contributed by atoms with van der Waals surface area (Å²) in [5, 5.41) is 2.67. The minimum Gasteiger partial charge on any atom is -0.380 e. The smallest absolute Gasteiger partial charge is 0.380 e. The number of alkyl halides is 3. The largest absolute Gasteiger partial charge is 0.416 e. The predicted octanol–water partition coefficient (Wildman–Crippen LogP) is 3.44. The Morgan fingerprint density at radius 2 is 2.11 bits per heavy atom. The van der Waals surface area contributed by atoms with Crippen LogP contribution in [0.1, 0.15) is 18.4 Å². The number of halogens is 4. The Bertz CT molecular complexity index is 413. The number of anilines is 1. The molecule has 1 aliphatic rings. The van der Waals surface area contributed by atoms with Crippen LogP contribution in [0.4, 0.5) is 23.2 Å². The third kappa shape index (κ3) is 3.13. The normalized spacial score (nSPS) is 20.1. The minimum absolute atomic E-state index is 0.0565. The number of hydrogen-bond acceptors (Lipinski definition) is 2. The fraction of sp³-hybridized carbons (Fsp3) is 0.500. The molecule has 1 heterocycles. The van der Waals surface area contributed by atoms with Gasteiger partial charge in [0.25, 0.3) is 0 Å². The lowest BCUT2D eigenvalue weighted by molar-refractivity contribution is -0.137. The lowest BCUT2D eigenvalue weighted by Gasteiger charge is -2.14. The van der Waals surface area contributed by atoms with E-state index in [1.807, 2.05) is 0 Å². The second-order valence-corrected chi connectivity index (χ2v) is 4.21. The van der Waals surface area contributed by atoms with Crippen LogP contribution < -0.4 is 5.32 Å². The first-order valence-electron chi connectivity index (χ1n) is 5.69. The summed E-state index contributed by atoms with van der Waals surface area (Å²) in [7, 11) is 0. The molecule has 1 saturated heterocycles. The lowest BCUT2D eigenvalue weighted by Crippen LogP contribution is -2.19. The van der Waals surface area contributed by atoms with Crippen LogP contribution in [0.3, 0.4) is 0 Å². The molecule has 1 aliphatic heterocycles. The van der Waals surface area contributed by atoms with Gasteiger partial charge in [0, 0.05) is 13.2 Å². The van der Waals surface area contributed by atoms with E-state index in [0.717, 1.165) is 31.0 Å². The molecule has 0 aliphatic carbocycles. The summed E-state index contributed by atoms with van der Waals surface area (Å²) in [6.07, 6.45) is -2.75. The first-order valence-corrected chi connectivity index (χ1v) is 5.69. The van der Waals surface area contributed by atoms with Crippen molar-refractivity contribution in [3.05, 3.63) is 29.6 Å². The summed E-state index contributed by atoms with van der Waals surface area (Å²) >= 11 is 0. The van der Waals surface area contributed by atoms with Crippen molar-refractivity contribution in [3.63, 3.8) is 0 Å². The SMILES string of the molecule is Fc1ccc(C(F)(F)F)cc1NCC1CCCO1. The average Bonchev–Trinajstić information content (AvgIpc) is 2.79. The van der Waals surface area contributed by atoms with Crippen molar-refractivity contribution < 1.29 is 22.3 Å². The zero-order valence-electron chi connectivity index (χ0n) is 9.56. The van der Waals surface area contributed by atoms with E-state index in [9.17, 15) is 17.6 Å². The first-order chi connectivity index (χ1) is 8.47. The Kier molecular flexibility index (Phi) is 3.75. The van der Waals surface area contributed by atoms with Crippen molar-refractivity contribution in [3.8, 4) is 0 Å². The Hall–Kier alpha value is -1.30. The molecular formula is C12H13F4NO. The van der Waals surface area contributed by atoms with Crippen LogP contribution in [0.5, 0.6) is 0 Å². The molecule has 6 heteroatoms. The molecule has 1 N–H and O–H groups in total. The maximum absolute atomic E-state index is 13.4. The van der Waals surface area contributed by atoms with E-state index >= 15 is 0 Å². The van der Waals surface area contributed by atoms with Crippen LogP contribution in [0, 0.1) is 5.82 Å². The van der Waals surface area contributed by atoms with E-state index in [1.54, 1.807) is 0 Å². The molecule has 1 aromatic carbocycles. The summed E-state index contributed by atoms with van der Waals surface area (Å²) in [4.78, 5) is 0. The highest BCUT2D eigenvalue weighted by Gasteiger charge is 2.31. The Morgan fingerprint density at radius 3 is 2.72 bits per heavy atom. The number of rotatable bonds is 3. The van der Waals surface area contributed by atoms with Crippen molar-refractivity contribution in [2.75, 3.05) is 18.5 Å². The van der Waals surface area contributed by atoms with Gasteiger partial charge in [-0.1, -0.05) is 0 Å². The van der Waals surface area contributed by atoms with Crippen molar-refractivity contribution in [2.45, 2.75) is 25.1 Å². The molecule has 0 bridgehead atoms. The van der Waals surface area contributed by atoms with Gasteiger partial charge in [0.15, 0.2) is 0 Å². The maximum atomic E-state index is 13.4. The second kappa shape index (κ2) is 5.14. The zero-order valence-corrected chi connectivity index (χ0v) is 9.56. The standard InChI is InChI=1S/C12H13F4NO/c13-10-4-3-8(12(14,15)16)6-11(10)17-7-9-2-1-5-18-9/h3-4,6,9,17H,1-2,5,7H2. The van der Waals surface area contributed by atoms with Gasteiger partial charge >= 0.3 is 6.18 Å². The molecule has 0 saturated carbocycles. The van der Waals surface area contributed by atoms with Gasteiger partial charge in [-0.3, -0.25) is 0 Å². The van der Waals surface area contributed by atoms with Crippen LogP contribution in [-0.2, 0) is 10.9 Å². The van der Waals surface area contributed by atoms with E-state index in [2.05, 4.69) is 5.32 Å². The van der Waals surface area contributed by atoms with Gasteiger partial charge in [0.2, 0.25) is 0 Å². The molecule has 1 unspecified atom stereocenters. The fourth-order valence-corrected chi connectivity index (χ4v) is 1.87. The fourth-order valence-electron chi connectivity index (χ4n) is 1.87. The van der Waals surface area contributed by atoms with E-state index < -0.39 is 17.6 Å². The lowest BCUT2D eigenvalue weighted by atomic mass is 10.1. The Labute approximate surface area is 102 Å².